The van der Waals surface area contributed by atoms with Crippen LogP contribution in [-0.2, 0) is 27.3 Å². The van der Waals surface area contributed by atoms with Crippen molar-refractivity contribution in [3.8, 4) is 17.2 Å². The zero-order chi connectivity index (χ0) is 41.5. The van der Waals surface area contributed by atoms with Gasteiger partial charge in [0.15, 0.2) is 0 Å². The van der Waals surface area contributed by atoms with Crippen molar-refractivity contribution in [3.05, 3.63) is 95.6 Å². The number of non-ortho nitro benzene ring substituents is 1. The molecule has 0 aliphatic rings. The van der Waals surface area contributed by atoms with Gasteiger partial charge < -0.3 is 19.7 Å². The lowest BCUT2D eigenvalue weighted by molar-refractivity contribution is -0.394. The van der Waals surface area contributed by atoms with E-state index in [9.17, 15) is 30.4 Å². The molecule has 2 N–H and O–H groups in total. The third-order valence-electron chi connectivity index (χ3n) is 9.78. The Kier molecular flexibility index (Phi) is 12.5. The van der Waals surface area contributed by atoms with Gasteiger partial charge in [0.25, 0.3) is 5.69 Å². The van der Waals surface area contributed by atoms with Crippen LogP contribution < -0.4 is 9.47 Å². The number of nitrogens with zero attached hydrogens (tertiary/aromatic N) is 3. The summed E-state index contributed by atoms with van der Waals surface area (Å²) >= 11 is 0. The van der Waals surface area contributed by atoms with E-state index in [2.05, 4.69) is 83.1 Å². The minimum absolute atomic E-state index is 0.0171. The van der Waals surface area contributed by atoms with E-state index in [1.54, 1.807) is 14.2 Å². The lowest BCUT2D eigenvalue weighted by Gasteiger charge is -2.40. The number of methoxy groups -OCH3 is 2. The number of phenols is 1. The normalized spacial score (nSPS) is 13.7. The molecule has 0 amide bonds. The van der Waals surface area contributed by atoms with Gasteiger partial charge in [0.1, 0.15) is 17.1 Å². The molecule has 296 valence electrons. The molecule has 0 saturated heterocycles. The Morgan fingerprint density at radius 3 is 1.33 bits per heavy atom. The van der Waals surface area contributed by atoms with Crippen LogP contribution in [0.1, 0.15) is 142 Å². The van der Waals surface area contributed by atoms with Crippen LogP contribution in [0.25, 0.3) is 0 Å². The minimum Gasteiger partial charge on any atom is -0.502 e. The van der Waals surface area contributed by atoms with Gasteiger partial charge >= 0.3 is 5.69 Å². The number of phenolic OH excluding ortho intramolecular Hbond substituents is 1. The summed E-state index contributed by atoms with van der Waals surface area (Å²) in [6.45, 7) is 29.1. The molecule has 0 fully saturated rings. The van der Waals surface area contributed by atoms with Crippen molar-refractivity contribution in [2.75, 3.05) is 14.2 Å². The Labute approximate surface area is 321 Å². The zero-order valence-electron chi connectivity index (χ0n) is 35.1. The fraction of sp³-hybridized carbons (Fsp3) is 0.558. The molecule has 0 spiro atoms. The Morgan fingerprint density at radius 2 is 1.06 bits per heavy atom. The maximum Gasteiger partial charge on any atom is 0.318 e. The predicted molar refractivity (Wildman–Crippen MR) is 216 cm³/mol. The van der Waals surface area contributed by atoms with Gasteiger partial charge in [-0.25, -0.2) is 0 Å². The van der Waals surface area contributed by atoms with E-state index in [-0.39, 0.29) is 11.5 Å². The molecular formula is C43H61N3O8. The second-order valence-corrected chi connectivity index (χ2v) is 18.8. The largest absolute Gasteiger partial charge is 0.502 e. The second-order valence-electron chi connectivity index (χ2n) is 18.8. The molecule has 11 heteroatoms. The van der Waals surface area contributed by atoms with Gasteiger partial charge in [0, 0.05) is 40.1 Å². The van der Waals surface area contributed by atoms with E-state index in [1.165, 1.54) is 6.21 Å². The lowest BCUT2D eigenvalue weighted by atomic mass is 9.70. The van der Waals surface area contributed by atoms with Crippen LogP contribution in [0.4, 0.5) is 11.4 Å². The van der Waals surface area contributed by atoms with Crippen molar-refractivity contribution in [1.29, 1.82) is 0 Å². The molecule has 0 radical (unpaired) electrons. The summed E-state index contributed by atoms with van der Waals surface area (Å²) in [4.78, 5) is 26.9. The Morgan fingerprint density at radius 1 is 0.685 bits per heavy atom. The first-order valence-electron chi connectivity index (χ1n) is 18.4. The van der Waals surface area contributed by atoms with Crippen molar-refractivity contribution >= 4 is 17.6 Å². The van der Waals surface area contributed by atoms with E-state index in [4.69, 9.17) is 14.5 Å². The molecule has 3 rings (SSSR count). The van der Waals surface area contributed by atoms with E-state index < -0.39 is 60.3 Å². The molecule has 0 saturated carbocycles. The summed E-state index contributed by atoms with van der Waals surface area (Å²) in [7, 11) is 3.30. The van der Waals surface area contributed by atoms with Crippen molar-refractivity contribution in [3.63, 3.8) is 0 Å². The number of nitro benzene ring substituents is 2. The monoisotopic (exact) mass is 747 g/mol. The number of aromatic hydroxyl groups is 1. The Balaban J connectivity index is 2.71. The third-order valence-corrected chi connectivity index (χ3v) is 9.78. The highest BCUT2D eigenvalue weighted by molar-refractivity contribution is 5.87. The topological polar surface area (TPSA) is 158 Å². The second kappa shape index (κ2) is 15.3. The van der Waals surface area contributed by atoms with Gasteiger partial charge in [-0.1, -0.05) is 96.9 Å². The number of ether oxygens (including phenoxy) is 2. The van der Waals surface area contributed by atoms with E-state index in [0.717, 1.165) is 39.8 Å². The summed E-state index contributed by atoms with van der Waals surface area (Å²) in [5.41, 5.74) is -0.501. The SMILES string of the molecule is COc1c(C(C)(C)C)cc(C(O)(c2cc(C(C)(C)C)c(OC)c(C(C)(C)C)c2)C(CC(C)C)N=Cc2cc([N+](=O)[O-])cc([N+](=O)[O-])c2O)cc1C(C)(C)C. The fourth-order valence-electron chi connectivity index (χ4n) is 6.84. The van der Waals surface area contributed by atoms with E-state index in [1.807, 2.05) is 38.1 Å². The highest BCUT2D eigenvalue weighted by Gasteiger charge is 2.45. The number of benzene rings is 3. The molecule has 1 atom stereocenters. The van der Waals surface area contributed by atoms with Gasteiger partial charge in [0.05, 0.1) is 36.2 Å². The molecule has 54 heavy (non-hydrogen) atoms. The smallest absolute Gasteiger partial charge is 0.318 e. The molecule has 0 aliphatic heterocycles. The molecule has 1 unspecified atom stereocenters. The Bertz CT molecular complexity index is 1770. The number of hydrogen-bond donors (Lipinski definition) is 2. The number of nitro groups is 2. The van der Waals surface area contributed by atoms with Crippen LogP contribution in [0.3, 0.4) is 0 Å². The van der Waals surface area contributed by atoms with Gasteiger partial charge in [-0.05, 0) is 69.4 Å². The average Bonchev–Trinajstić information content (AvgIpc) is 3.03. The standard InChI is InChI=1S/C43H61N3O8/c1-25(2)17-35(44-24-26-18-29(45(49)50)23-34(36(26)47)46(51)52)43(48,27-19-30(39(3,4)5)37(53-15)31(20-27)40(6,7)8)28-21-32(41(9,10)11)38(54-16)33(22-28)42(12,13)14/h18-25,35,47-48H,17H2,1-16H3. The highest BCUT2D eigenvalue weighted by atomic mass is 16.6. The summed E-state index contributed by atoms with van der Waals surface area (Å²) in [5, 5.41) is 48.5. The quantitative estimate of drug-likeness (QED) is 0.111. The summed E-state index contributed by atoms with van der Waals surface area (Å²) in [5.74, 6) is 0.667. The Hall–Kier alpha value is -4.51. The average molecular weight is 748 g/mol. The third kappa shape index (κ3) is 9.05. The van der Waals surface area contributed by atoms with Crippen LogP contribution in [0.5, 0.6) is 17.2 Å². The molecule has 3 aromatic rings. The van der Waals surface area contributed by atoms with Gasteiger partial charge in [-0.3, -0.25) is 25.2 Å². The van der Waals surface area contributed by atoms with E-state index in [0.29, 0.717) is 23.6 Å². The molecule has 3 aromatic carbocycles. The van der Waals surface area contributed by atoms with Crippen LogP contribution in [-0.4, -0.2) is 46.5 Å². The fourth-order valence-corrected chi connectivity index (χ4v) is 6.84. The first-order chi connectivity index (χ1) is 24.5. The van der Waals surface area contributed by atoms with Crippen LogP contribution in [0, 0.1) is 26.1 Å². The van der Waals surface area contributed by atoms with Gasteiger partial charge in [-0.2, -0.15) is 0 Å². The summed E-state index contributed by atoms with van der Waals surface area (Å²) in [6.07, 6.45) is 1.53. The highest BCUT2D eigenvalue weighted by Crippen LogP contribution is 2.49. The maximum atomic E-state index is 13.9. The van der Waals surface area contributed by atoms with Crippen LogP contribution >= 0.6 is 0 Å². The zero-order valence-corrected chi connectivity index (χ0v) is 35.1. The van der Waals surface area contributed by atoms with Crippen LogP contribution in [0.15, 0.2) is 41.4 Å². The number of aliphatic imine (C=N–C) groups is 1. The molecule has 0 aromatic heterocycles. The first-order valence-corrected chi connectivity index (χ1v) is 18.4. The van der Waals surface area contributed by atoms with E-state index >= 15 is 0 Å². The summed E-state index contributed by atoms with van der Waals surface area (Å²) < 4.78 is 12.2. The van der Waals surface area contributed by atoms with Crippen LogP contribution in [0.2, 0.25) is 0 Å². The number of aliphatic hydroxyl groups is 1. The minimum atomic E-state index is -1.86. The number of rotatable bonds is 11. The van der Waals surface area contributed by atoms with Crippen molar-refractivity contribution in [2.45, 2.75) is 137 Å². The first kappa shape index (κ1) is 43.9. The summed E-state index contributed by atoms with van der Waals surface area (Å²) in [6, 6.07) is 8.71. The van der Waals surface area contributed by atoms with Gasteiger partial charge in [-0.15, -0.1) is 0 Å². The molecule has 0 bridgehead atoms. The molecule has 0 aliphatic carbocycles. The number of hydrogen-bond acceptors (Lipinski definition) is 9. The van der Waals surface area contributed by atoms with Crippen molar-refractivity contribution < 1.29 is 29.5 Å². The molecular weight excluding hydrogens is 686 g/mol. The lowest BCUT2D eigenvalue weighted by Crippen LogP contribution is -2.42. The van der Waals surface area contributed by atoms with Gasteiger partial charge in [0.2, 0.25) is 5.75 Å². The molecule has 11 nitrogen and oxygen atoms in total. The van der Waals surface area contributed by atoms with Crippen molar-refractivity contribution in [2.24, 2.45) is 10.9 Å². The maximum absolute atomic E-state index is 13.9. The van der Waals surface area contributed by atoms with Crippen molar-refractivity contribution in [1.82, 2.24) is 0 Å². The predicted octanol–water partition coefficient (Wildman–Crippen LogP) is 10.2. The molecule has 0 heterocycles.